The number of hydrogen-bond donors (Lipinski definition) is 1. The zero-order valence-electron chi connectivity index (χ0n) is 11.4. The Morgan fingerprint density at radius 1 is 1.50 bits per heavy atom. The summed E-state index contributed by atoms with van der Waals surface area (Å²) in [6, 6.07) is 1.41. The molecule has 2 fully saturated rings. The SMILES string of the molecule is CCC1CNC(C2CC2)CN1Cc1nc(C)cs1. The summed E-state index contributed by atoms with van der Waals surface area (Å²) in [5, 5.41) is 7.19. The van der Waals surface area contributed by atoms with Crippen molar-refractivity contribution in [2.24, 2.45) is 5.92 Å². The van der Waals surface area contributed by atoms with Crippen molar-refractivity contribution < 1.29 is 0 Å². The quantitative estimate of drug-likeness (QED) is 0.906. The molecular formula is C14H23N3S. The van der Waals surface area contributed by atoms with Crippen LogP contribution in [0, 0.1) is 12.8 Å². The average molecular weight is 265 g/mol. The molecule has 4 heteroatoms. The van der Waals surface area contributed by atoms with E-state index in [1.807, 2.05) is 11.3 Å². The van der Waals surface area contributed by atoms with E-state index in [-0.39, 0.29) is 0 Å². The molecular weight excluding hydrogens is 242 g/mol. The Morgan fingerprint density at radius 3 is 2.94 bits per heavy atom. The topological polar surface area (TPSA) is 28.2 Å². The summed E-state index contributed by atoms with van der Waals surface area (Å²) >= 11 is 1.81. The van der Waals surface area contributed by atoms with Crippen LogP contribution in [0.15, 0.2) is 5.38 Å². The molecule has 0 bridgehead atoms. The molecule has 3 rings (SSSR count). The first-order valence-corrected chi connectivity index (χ1v) is 8.02. The van der Waals surface area contributed by atoms with Crippen LogP contribution < -0.4 is 5.32 Å². The zero-order chi connectivity index (χ0) is 12.5. The summed E-state index contributed by atoms with van der Waals surface area (Å²) in [6.07, 6.45) is 4.09. The number of piperazine rings is 1. The molecule has 1 aliphatic carbocycles. The van der Waals surface area contributed by atoms with Gasteiger partial charge in [-0.3, -0.25) is 4.90 Å². The predicted octanol–water partition coefficient (Wildman–Crippen LogP) is 2.41. The average Bonchev–Trinajstić information content (AvgIpc) is 3.14. The summed E-state index contributed by atoms with van der Waals surface area (Å²) < 4.78 is 0. The lowest BCUT2D eigenvalue weighted by Gasteiger charge is -2.40. The van der Waals surface area contributed by atoms with Crippen molar-refractivity contribution in [3.63, 3.8) is 0 Å². The highest BCUT2D eigenvalue weighted by molar-refractivity contribution is 7.09. The normalized spacial score (nSPS) is 29.7. The van der Waals surface area contributed by atoms with E-state index in [1.165, 1.54) is 30.8 Å². The Labute approximate surface area is 114 Å². The molecule has 1 saturated carbocycles. The minimum atomic E-state index is 0.684. The molecule has 1 aromatic heterocycles. The second-order valence-corrected chi connectivity index (χ2v) is 6.67. The third-order valence-corrected chi connectivity index (χ3v) is 5.18. The standard InChI is InChI=1S/C14H23N3S/c1-3-12-6-15-13(11-4-5-11)7-17(12)8-14-16-10(2)9-18-14/h9,11-13,15H,3-8H2,1-2H3. The molecule has 2 atom stereocenters. The number of rotatable bonds is 4. The van der Waals surface area contributed by atoms with E-state index in [4.69, 9.17) is 0 Å². The van der Waals surface area contributed by atoms with E-state index in [1.54, 1.807) is 0 Å². The summed E-state index contributed by atoms with van der Waals surface area (Å²) in [5.41, 5.74) is 1.16. The Bertz CT molecular complexity index is 399. The predicted molar refractivity (Wildman–Crippen MR) is 75.9 cm³/mol. The van der Waals surface area contributed by atoms with Crippen LogP contribution in [0.5, 0.6) is 0 Å². The molecule has 1 saturated heterocycles. The van der Waals surface area contributed by atoms with Crippen LogP contribution in [-0.2, 0) is 6.54 Å². The van der Waals surface area contributed by atoms with Gasteiger partial charge < -0.3 is 5.32 Å². The first kappa shape index (κ1) is 12.6. The van der Waals surface area contributed by atoms with Crippen LogP contribution in [0.4, 0.5) is 0 Å². The fourth-order valence-corrected chi connectivity index (χ4v) is 3.74. The molecule has 2 unspecified atom stereocenters. The lowest BCUT2D eigenvalue weighted by atomic mass is 10.0. The van der Waals surface area contributed by atoms with Crippen molar-refractivity contribution in [3.05, 3.63) is 16.1 Å². The van der Waals surface area contributed by atoms with E-state index >= 15 is 0 Å². The van der Waals surface area contributed by atoms with Gasteiger partial charge in [0, 0.05) is 36.2 Å². The van der Waals surface area contributed by atoms with Crippen LogP contribution in [-0.4, -0.2) is 35.1 Å². The van der Waals surface area contributed by atoms with Gasteiger partial charge >= 0.3 is 0 Å². The molecule has 0 spiro atoms. The highest BCUT2D eigenvalue weighted by Gasteiger charge is 2.36. The van der Waals surface area contributed by atoms with Crippen LogP contribution in [0.1, 0.15) is 36.9 Å². The number of aryl methyl sites for hydroxylation is 1. The third-order valence-electron chi connectivity index (χ3n) is 4.23. The first-order valence-electron chi connectivity index (χ1n) is 7.14. The fraction of sp³-hybridized carbons (Fsp3) is 0.786. The van der Waals surface area contributed by atoms with Gasteiger partial charge in [0.25, 0.3) is 0 Å². The molecule has 18 heavy (non-hydrogen) atoms. The van der Waals surface area contributed by atoms with Crippen LogP contribution >= 0.6 is 11.3 Å². The molecule has 2 heterocycles. The van der Waals surface area contributed by atoms with Gasteiger partial charge in [-0.25, -0.2) is 4.98 Å². The molecule has 1 N–H and O–H groups in total. The maximum atomic E-state index is 4.62. The second-order valence-electron chi connectivity index (χ2n) is 5.73. The Balaban J connectivity index is 1.65. The van der Waals surface area contributed by atoms with E-state index in [0.717, 1.165) is 30.7 Å². The van der Waals surface area contributed by atoms with Gasteiger partial charge in [-0.15, -0.1) is 11.3 Å². The highest BCUT2D eigenvalue weighted by Crippen LogP contribution is 2.34. The number of hydrogen-bond acceptors (Lipinski definition) is 4. The fourth-order valence-electron chi connectivity index (χ4n) is 2.94. The van der Waals surface area contributed by atoms with Gasteiger partial charge in [0.1, 0.15) is 5.01 Å². The van der Waals surface area contributed by atoms with Crippen molar-refractivity contribution >= 4 is 11.3 Å². The summed E-state index contributed by atoms with van der Waals surface area (Å²) in [6.45, 7) is 7.79. The minimum absolute atomic E-state index is 0.684. The van der Waals surface area contributed by atoms with Crippen molar-refractivity contribution in [3.8, 4) is 0 Å². The highest BCUT2D eigenvalue weighted by atomic mass is 32.1. The van der Waals surface area contributed by atoms with Gasteiger partial charge in [0.2, 0.25) is 0 Å². The number of thiazole rings is 1. The van der Waals surface area contributed by atoms with Crippen molar-refractivity contribution in [2.45, 2.75) is 51.7 Å². The Hall–Kier alpha value is -0.450. The van der Waals surface area contributed by atoms with Gasteiger partial charge in [0.15, 0.2) is 0 Å². The second kappa shape index (κ2) is 5.27. The van der Waals surface area contributed by atoms with Crippen LogP contribution in [0.2, 0.25) is 0 Å². The van der Waals surface area contributed by atoms with Gasteiger partial charge in [-0.05, 0) is 32.1 Å². The molecule has 2 aliphatic rings. The van der Waals surface area contributed by atoms with Crippen molar-refractivity contribution in [2.75, 3.05) is 13.1 Å². The zero-order valence-corrected chi connectivity index (χ0v) is 12.2. The number of nitrogens with zero attached hydrogens (tertiary/aromatic N) is 2. The lowest BCUT2D eigenvalue weighted by Crippen LogP contribution is -2.56. The van der Waals surface area contributed by atoms with Gasteiger partial charge in [-0.2, -0.15) is 0 Å². The van der Waals surface area contributed by atoms with Crippen LogP contribution in [0.3, 0.4) is 0 Å². The van der Waals surface area contributed by atoms with Gasteiger partial charge in [-0.1, -0.05) is 6.92 Å². The van der Waals surface area contributed by atoms with E-state index in [9.17, 15) is 0 Å². The van der Waals surface area contributed by atoms with Crippen molar-refractivity contribution in [1.82, 2.24) is 15.2 Å². The molecule has 0 amide bonds. The first-order chi connectivity index (χ1) is 8.76. The van der Waals surface area contributed by atoms with E-state index < -0.39 is 0 Å². The Morgan fingerprint density at radius 2 is 2.33 bits per heavy atom. The molecule has 1 aliphatic heterocycles. The largest absolute Gasteiger partial charge is 0.311 e. The third kappa shape index (κ3) is 2.76. The maximum Gasteiger partial charge on any atom is 0.107 e. The number of nitrogens with one attached hydrogen (secondary N) is 1. The lowest BCUT2D eigenvalue weighted by molar-refractivity contribution is 0.111. The van der Waals surface area contributed by atoms with E-state index in [0.29, 0.717) is 6.04 Å². The summed E-state index contributed by atoms with van der Waals surface area (Å²) in [5.74, 6) is 0.948. The Kier molecular flexibility index (Phi) is 3.68. The van der Waals surface area contributed by atoms with Gasteiger partial charge in [0.05, 0.1) is 6.54 Å². The van der Waals surface area contributed by atoms with E-state index in [2.05, 4.69) is 34.4 Å². The maximum absolute atomic E-state index is 4.62. The molecule has 0 radical (unpaired) electrons. The smallest absolute Gasteiger partial charge is 0.107 e. The van der Waals surface area contributed by atoms with Crippen molar-refractivity contribution in [1.29, 1.82) is 0 Å². The monoisotopic (exact) mass is 265 g/mol. The molecule has 3 nitrogen and oxygen atoms in total. The summed E-state index contributed by atoms with van der Waals surface area (Å²) in [7, 11) is 0. The summed E-state index contributed by atoms with van der Waals surface area (Å²) in [4.78, 5) is 7.27. The molecule has 1 aromatic rings. The number of aromatic nitrogens is 1. The molecule has 100 valence electrons. The molecule has 0 aromatic carbocycles. The van der Waals surface area contributed by atoms with Crippen LogP contribution in [0.25, 0.3) is 0 Å². The minimum Gasteiger partial charge on any atom is -0.311 e.